The fourth-order valence-electron chi connectivity index (χ4n) is 4.32. The molecule has 4 heterocycles. The second kappa shape index (κ2) is 8.61. The third kappa shape index (κ3) is 4.16. The first kappa shape index (κ1) is 23.8. The number of anilines is 1. The van der Waals surface area contributed by atoms with Crippen molar-refractivity contribution in [1.29, 1.82) is 0 Å². The molecule has 0 fully saturated rings. The lowest BCUT2D eigenvalue weighted by Gasteiger charge is -2.26. The van der Waals surface area contributed by atoms with E-state index in [0.29, 0.717) is 30.3 Å². The number of amides is 1. The molecule has 1 aliphatic rings. The normalized spacial score (nSPS) is 14.1. The van der Waals surface area contributed by atoms with Crippen molar-refractivity contribution < 1.29 is 18.0 Å². The molecule has 0 N–H and O–H groups in total. The molecule has 1 amide bonds. The molecule has 0 aliphatic carbocycles. The fourth-order valence-corrected chi connectivity index (χ4v) is 4.32. The van der Waals surface area contributed by atoms with Crippen LogP contribution in [0.2, 0.25) is 0 Å². The van der Waals surface area contributed by atoms with E-state index in [4.69, 9.17) is 4.98 Å². The highest BCUT2D eigenvalue weighted by molar-refractivity contribution is 5.93. The third-order valence-electron chi connectivity index (χ3n) is 6.13. The molecule has 12 heteroatoms. The number of hydrogen-bond donors (Lipinski definition) is 0. The summed E-state index contributed by atoms with van der Waals surface area (Å²) < 4.78 is 44.0. The van der Waals surface area contributed by atoms with Crippen molar-refractivity contribution in [3.8, 4) is 22.9 Å². The van der Waals surface area contributed by atoms with E-state index in [1.54, 1.807) is 40.0 Å². The van der Waals surface area contributed by atoms with Crippen LogP contribution in [0, 0.1) is 6.92 Å². The molecule has 188 valence electrons. The zero-order valence-corrected chi connectivity index (χ0v) is 20.3. The van der Waals surface area contributed by atoms with Crippen molar-refractivity contribution in [2.24, 2.45) is 7.05 Å². The molecule has 0 atom stereocenters. The van der Waals surface area contributed by atoms with Crippen LogP contribution >= 0.6 is 0 Å². The van der Waals surface area contributed by atoms with E-state index in [0.717, 1.165) is 23.0 Å². The number of benzene rings is 1. The van der Waals surface area contributed by atoms with Gasteiger partial charge in [0.15, 0.2) is 5.69 Å². The van der Waals surface area contributed by atoms with Gasteiger partial charge in [0.05, 0.1) is 19.3 Å². The van der Waals surface area contributed by atoms with Gasteiger partial charge >= 0.3 is 6.18 Å². The van der Waals surface area contributed by atoms with Crippen LogP contribution in [-0.4, -0.2) is 40.0 Å². The van der Waals surface area contributed by atoms with Gasteiger partial charge in [0.2, 0.25) is 17.7 Å². The second-order valence-corrected chi connectivity index (χ2v) is 9.16. The topological polar surface area (TPSA) is 86.7 Å². The number of fused-ring (bicyclic) bond motifs is 1. The highest BCUT2D eigenvalue weighted by atomic mass is 19.4. The Morgan fingerprint density at radius 2 is 1.83 bits per heavy atom. The predicted octanol–water partition coefficient (Wildman–Crippen LogP) is 4.39. The monoisotopic (exact) mass is 498 g/mol. The number of carbonyl (C=O) groups is 1. The van der Waals surface area contributed by atoms with E-state index >= 15 is 0 Å². The molecule has 5 rings (SSSR count). The summed E-state index contributed by atoms with van der Waals surface area (Å²) in [6, 6.07) is 7.08. The van der Waals surface area contributed by atoms with E-state index in [-0.39, 0.29) is 24.3 Å². The Balaban J connectivity index is 1.42. The van der Waals surface area contributed by atoms with Gasteiger partial charge in [-0.3, -0.25) is 14.4 Å². The number of aromatic nitrogens is 7. The summed E-state index contributed by atoms with van der Waals surface area (Å²) in [5.74, 6) is 1.11. The first-order valence-corrected chi connectivity index (χ1v) is 11.5. The van der Waals surface area contributed by atoms with Crippen molar-refractivity contribution in [1.82, 2.24) is 34.1 Å². The predicted molar refractivity (Wildman–Crippen MR) is 126 cm³/mol. The Hall–Kier alpha value is -3.96. The van der Waals surface area contributed by atoms with Crippen molar-refractivity contribution in [3.05, 3.63) is 53.5 Å². The first-order chi connectivity index (χ1) is 17.0. The maximum absolute atomic E-state index is 13.0. The zero-order chi connectivity index (χ0) is 25.8. The molecule has 1 aliphatic heterocycles. The number of carbonyl (C=O) groups excluding carboxylic acids is 1. The molecule has 0 saturated heterocycles. The first-order valence-electron chi connectivity index (χ1n) is 11.5. The molecule has 0 radical (unpaired) electrons. The largest absolute Gasteiger partial charge is 0.434 e. The molecule has 36 heavy (non-hydrogen) atoms. The highest BCUT2D eigenvalue weighted by Gasteiger charge is 2.34. The quantitative estimate of drug-likeness (QED) is 0.408. The minimum absolute atomic E-state index is 0.0708. The minimum atomic E-state index is -4.51. The number of aryl methyl sites for hydroxylation is 3. The molecule has 0 unspecified atom stereocenters. The van der Waals surface area contributed by atoms with Crippen molar-refractivity contribution in [3.63, 3.8) is 0 Å². The molecule has 9 nitrogen and oxygen atoms in total. The average Bonchev–Trinajstić information content (AvgIpc) is 3.52. The molecule has 3 aromatic heterocycles. The van der Waals surface area contributed by atoms with Crippen molar-refractivity contribution in [2.75, 3.05) is 4.90 Å². The maximum atomic E-state index is 13.0. The number of hydrogen-bond acceptors (Lipinski definition) is 5. The number of alkyl halides is 3. The molecule has 1 aromatic carbocycles. The molecule has 0 spiro atoms. The molecule has 4 aromatic rings. The van der Waals surface area contributed by atoms with Gasteiger partial charge in [0.1, 0.15) is 11.5 Å². The standard InChI is InChI=1S/C24H25F3N8O/c1-14(2)35-20(15(3)11-28-35)21-30-23-33(19(36)9-10-34(23)31-21)12-16-5-7-17(8-6-16)22-29-18(13-32(22)4)24(25,26)27/h5-8,11,13-14H,9-10,12H2,1-4H3. The smallest absolute Gasteiger partial charge is 0.333 e. The van der Waals surface area contributed by atoms with Crippen molar-refractivity contribution in [2.45, 2.75) is 52.5 Å². The van der Waals surface area contributed by atoms with E-state index in [2.05, 4.69) is 15.2 Å². The van der Waals surface area contributed by atoms with Gasteiger partial charge in [-0.15, -0.1) is 5.10 Å². The molecule has 0 bridgehead atoms. The van der Waals surface area contributed by atoms with Crippen LogP contribution in [0.1, 0.15) is 43.1 Å². The summed E-state index contributed by atoms with van der Waals surface area (Å²) in [7, 11) is 1.52. The SMILES string of the molecule is Cc1cnn(C(C)C)c1-c1nc2n(n1)CCC(=O)N2Cc1ccc(-c2nc(C(F)(F)F)cn2C)cc1. The van der Waals surface area contributed by atoms with Crippen LogP contribution in [0.25, 0.3) is 22.9 Å². The lowest BCUT2D eigenvalue weighted by atomic mass is 10.1. The number of imidazole rings is 1. The van der Waals surface area contributed by atoms with Gasteiger partial charge in [0, 0.05) is 31.3 Å². The van der Waals surface area contributed by atoms with Gasteiger partial charge in [0.25, 0.3) is 0 Å². The summed E-state index contributed by atoms with van der Waals surface area (Å²) in [5, 5.41) is 9.09. The maximum Gasteiger partial charge on any atom is 0.434 e. The summed E-state index contributed by atoms with van der Waals surface area (Å²) >= 11 is 0. The van der Waals surface area contributed by atoms with Gasteiger partial charge in [-0.05, 0) is 31.9 Å². The van der Waals surface area contributed by atoms with Crippen LogP contribution in [0.15, 0.2) is 36.7 Å². The van der Waals surface area contributed by atoms with Gasteiger partial charge in [-0.25, -0.2) is 9.67 Å². The highest BCUT2D eigenvalue weighted by Crippen LogP contribution is 2.32. The van der Waals surface area contributed by atoms with Crippen molar-refractivity contribution >= 4 is 11.9 Å². The molecular weight excluding hydrogens is 473 g/mol. The second-order valence-electron chi connectivity index (χ2n) is 9.16. The fraction of sp³-hybridized carbons (Fsp3) is 0.375. The lowest BCUT2D eigenvalue weighted by Crippen LogP contribution is -2.37. The average molecular weight is 499 g/mol. The molecular formula is C24H25F3N8O. The van der Waals surface area contributed by atoms with Crippen LogP contribution in [0.3, 0.4) is 0 Å². The Labute approximate surface area is 205 Å². The van der Waals surface area contributed by atoms with Crippen LogP contribution in [0.5, 0.6) is 0 Å². The number of halogens is 3. The zero-order valence-electron chi connectivity index (χ0n) is 20.3. The Bertz CT molecular complexity index is 1430. The van der Waals surface area contributed by atoms with Crippen LogP contribution < -0.4 is 4.90 Å². The summed E-state index contributed by atoms with van der Waals surface area (Å²) in [4.78, 5) is 22.9. The number of nitrogens with zero attached hydrogens (tertiary/aromatic N) is 8. The summed E-state index contributed by atoms with van der Waals surface area (Å²) in [6.45, 7) is 6.70. The van der Waals surface area contributed by atoms with Gasteiger partial charge < -0.3 is 4.57 Å². The van der Waals surface area contributed by atoms with Crippen LogP contribution in [-0.2, 0) is 31.1 Å². The lowest BCUT2D eigenvalue weighted by molar-refractivity contribution is -0.140. The Morgan fingerprint density at radius 1 is 1.11 bits per heavy atom. The van der Waals surface area contributed by atoms with E-state index in [9.17, 15) is 18.0 Å². The van der Waals surface area contributed by atoms with E-state index in [1.165, 1.54) is 11.6 Å². The minimum Gasteiger partial charge on any atom is -0.333 e. The molecule has 0 saturated carbocycles. The van der Waals surface area contributed by atoms with E-state index in [1.807, 2.05) is 25.5 Å². The van der Waals surface area contributed by atoms with Gasteiger partial charge in [-0.1, -0.05) is 24.3 Å². The Kier molecular flexibility index (Phi) is 5.68. The Morgan fingerprint density at radius 3 is 2.47 bits per heavy atom. The summed E-state index contributed by atoms with van der Waals surface area (Å²) in [6.07, 6.45) is -1.47. The number of rotatable bonds is 5. The third-order valence-corrected chi connectivity index (χ3v) is 6.13. The van der Waals surface area contributed by atoms with Crippen LogP contribution in [0.4, 0.5) is 19.1 Å². The van der Waals surface area contributed by atoms with E-state index < -0.39 is 11.9 Å². The summed E-state index contributed by atoms with van der Waals surface area (Å²) in [5.41, 5.74) is 2.18. The van der Waals surface area contributed by atoms with Gasteiger partial charge in [-0.2, -0.15) is 23.3 Å².